The summed E-state index contributed by atoms with van der Waals surface area (Å²) in [6, 6.07) is 12.2. The van der Waals surface area contributed by atoms with Crippen LogP contribution in [-0.4, -0.2) is 11.1 Å². The second-order valence-electron chi connectivity index (χ2n) is 4.40. The minimum Gasteiger partial charge on any atom is -0.478 e. The fourth-order valence-corrected chi connectivity index (χ4v) is 1.94. The van der Waals surface area contributed by atoms with Crippen LogP contribution in [0, 0.1) is 25.2 Å². The number of nitriles is 1. The lowest BCUT2D eigenvalue weighted by Crippen LogP contribution is -2.01. The summed E-state index contributed by atoms with van der Waals surface area (Å²) >= 11 is 0. The largest absolute Gasteiger partial charge is 0.478 e. The van der Waals surface area contributed by atoms with E-state index >= 15 is 0 Å². The number of aromatic carboxylic acids is 1. The molecule has 0 aliphatic rings. The highest BCUT2D eigenvalue weighted by molar-refractivity contribution is 5.90. The molecule has 0 radical (unpaired) electrons. The Hall–Kier alpha value is -2.80. The van der Waals surface area contributed by atoms with Crippen LogP contribution in [0.2, 0.25) is 0 Å². The van der Waals surface area contributed by atoms with Crippen molar-refractivity contribution in [1.29, 1.82) is 5.26 Å². The minimum atomic E-state index is -1.00. The number of para-hydroxylation sites is 1. The van der Waals surface area contributed by atoms with Gasteiger partial charge in [0.05, 0.1) is 11.1 Å². The van der Waals surface area contributed by atoms with Crippen LogP contribution >= 0.6 is 0 Å². The zero-order valence-corrected chi connectivity index (χ0v) is 11.2. The molecule has 0 saturated carbocycles. The Kier molecular flexibility index (Phi) is 3.72. The van der Waals surface area contributed by atoms with Crippen molar-refractivity contribution in [2.45, 2.75) is 13.8 Å². The molecule has 0 atom stereocenters. The van der Waals surface area contributed by atoms with Crippen molar-refractivity contribution in [2.75, 3.05) is 0 Å². The van der Waals surface area contributed by atoms with Gasteiger partial charge in [-0.15, -0.1) is 0 Å². The number of hydrogen-bond acceptors (Lipinski definition) is 3. The Morgan fingerprint density at radius 3 is 2.55 bits per heavy atom. The number of carbonyl (C=O) groups is 1. The van der Waals surface area contributed by atoms with Crippen LogP contribution in [-0.2, 0) is 0 Å². The molecule has 0 aromatic heterocycles. The monoisotopic (exact) mass is 267 g/mol. The number of hydrogen-bond donors (Lipinski definition) is 1. The van der Waals surface area contributed by atoms with Crippen molar-refractivity contribution in [3.63, 3.8) is 0 Å². The highest BCUT2D eigenvalue weighted by Gasteiger charge is 2.14. The molecule has 0 amide bonds. The van der Waals surface area contributed by atoms with Crippen molar-refractivity contribution < 1.29 is 14.6 Å². The molecule has 0 spiro atoms. The highest BCUT2D eigenvalue weighted by Crippen LogP contribution is 2.31. The number of ether oxygens (including phenoxy) is 1. The number of aryl methyl sites for hydroxylation is 1. The topological polar surface area (TPSA) is 70.3 Å². The van der Waals surface area contributed by atoms with E-state index < -0.39 is 5.97 Å². The van der Waals surface area contributed by atoms with Crippen LogP contribution in [0.15, 0.2) is 36.4 Å². The van der Waals surface area contributed by atoms with Gasteiger partial charge in [-0.25, -0.2) is 4.79 Å². The molecule has 0 fully saturated rings. The molecule has 4 heteroatoms. The summed E-state index contributed by atoms with van der Waals surface area (Å²) in [5.74, 6) is -0.102. The van der Waals surface area contributed by atoms with Crippen LogP contribution in [0.3, 0.4) is 0 Å². The average Bonchev–Trinajstić information content (AvgIpc) is 2.42. The Morgan fingerprint density at radius 2 is 1.90 bits per heavy atom. The number of benzene rings is 2. The van der Waals surface area contributed by atoms with E-state index in [0.717, 1.165) is 5.56 Å². The lowest BCUT2D eigenvalue weighted by Gasteiger charge is -2.13. The fourth-order valence-electron chi connectivity index (χ4n) is 1.94. The first-order valence-electron chi connectivity index (χ1n) is 6.05. The van der Waals surface area contributed by atoms with Crippen molar-refractivity contribution in [1.82, 2.24) is 0 Å². The van der Waals surface area contributed by atoms with Crippen molar-refractivity contribution >= 4 is 5.97 Å². The highest BCUT2D eigenvalue weighted by atomic mass is 16.5. The average molecular weight is 267 g/mol. The molecule has 0 unspecified atom stereocenters. The minimum absolute atomic E-state index is 0.189. The van der Waals surface area contributed by atoms with Crippen molar-refractivity contribution in [3.8, 4) is 17.6 Å². The van der Waals surface area contributed by atoms with E-state index in [1.54, 1.807) is 31.2 Å². The lowest BCUT2D eigenvalue weighted by molar-refractivity contribution is 0.0695. The summed E-state index contributed by atoms with van der Waals surface area (Å²) in [5.41, 5.74) is 1.97. The summed E-state index contributed by atoms with van der Waals surface area (Å²) in [7, 11) is 0. The van der Waals surface area contributed by atoms with Gasteiger partial charge in [0.15, 0.2) is 0 Å². The Morgan fingerprint density at radius 1 is 1.20 bits per heavy atom. The van der Waals surface area contributed by atoms with E-state index in [-0.39, 0.29) is 5.56 Å². The summed E-state index contributed by atoms with van der Waals surface area (Å²) in [5, 5.41) is 18.2. The van der Waals surface area contributed by atoms with Gasteiger partial charge in [0, 0.05) is 5.56 Å². The Balaban J connectivity index is 2.49. The molecule has 1 N–H and O–H groups in total. The number of carboxylic acids is 1. The molecule has 2 aromatic carbocycles. The van der Waals surface area contributed by atoms with Crippen LogP contribution in [0.5, 0.6) is 11.5 Å². The van der Waals surface area contributed by atoms with E-state index in [1.165, 1.54) is 6.07 Å². The SMILES string of the molecule is Cc1cccc(C#N)c1Oc1cccc(C(=O)O)c1C. The van der Waals surface area contributed by atoms with E-state index in [4.69, 9.17) is 15.1 Å². The maximum atomic E-state index is 11.1. The van der Waals surface area contributed by atoms with Crippen molar-refractivity contribution in [2.24, 2.45) is 0 Å². The zero-order chi connectivity index (χ0) is 14.7. The summed E-state index contributed by atoms with van der Waals surface area (Å²) < 4.78 is 5.77. The van der Waals surface area contributed by atoms with Gasteiger partial charge in [0.25, 0.3) is 0 Å². The lowest BCUT2D eigenvalue weighted by atomic mass is 10.1. The maximum absolute atomic E-state index is 11.1. The van der Waals surface area contributed by atoms with E-state index in [1.807, 2.05) is 13.0 Å². The van der Waals surface area contributed by atoms with Gasteiger partial charge >= 0.3 is 5.97 Å². The third kappa shape index (κ3) is 2.47. The predicted octanol–water partition coefficient (Wildman–Crippen LogP) is 3.67. The standard InChI is InChI=1S/C16H13NO3/c1-10-5-3-6-12(9-17)15(10)20-14-8-4-7-13(11(14)2)16(18)19/h3-8H,1-2H3,(H,18,19). The molecule has 4 nitrogen and oxygen atoms in total. The first kappa shape index (κ1) is 13.6. The zero-order valence-electron chi connectivity index (χ0n) is 11.2. The fraction of sp³-hybridized carbons (Fsp3) is 0.125. The summed E-state index contributed by atoms with van der Waals surface area (Å²) in [6.45, 7) is 3.52. The molecular formula is C16H13NO3. The second kappa shape index (κ2) is 5.45. The predicted molar refractivity (Wildman–Crippen MR) is 74.1 cm³/mol. The molecule has 0 aliphatic carbocycles. The molecule has 2 aromatic rings. The summed E-state index contributed by atoms with van der Waals surface area (Å²) in [6.07, 6.45) is 0. The van der Waals surface area contributed by atoms with Crippen LogP contribution in [0.25, 0.3) is 0 Å². The van der Waals surface area contributed by atoms with Gasteiger partial charge in [0.2, 0.25) is 0 Å². The molecule has 2 rings (SSSR count). The third-order valence-electron chi connectivity index (χ3n) is 3.06. The summed E-state index contributed by atoms with van der Waals surface area (Å²) in [4.78, 5) is 11.1. The van der Waals surface area contributed by atoms with Gasteiger partial charge in [0.1, 0.15) is 17.6 Å². The molecular weight excluding hydrogens is 254 g/mol. The Labute approximate surface area is 116 Å². The molecule has 0 saturated heterocycles. The smallest absolute Gasteiger partial charge is 0.336 e. The number of carboxylic acid groups (broad SMARTS) is 1. The first-order chi connectivity index (χ1) is 9.54. The number of rotatable bonds is 3. The molecule has 100 valence electrons. The molecule has 0 bridgehead atoms. The van der Waals surface area contributed by atoms with E-state index in [0.29, 0.717) is 22.6 Å². The second-order valence-corrected chi connectivity index (χ2v) is 4.40. The Bertz CT molecular complexity index is 714. The van der Waals surface area contributed by atoms with Crippen LogP contribution in [0.1, 0.15) is 27.0 Å². The van der Waals surface area contributed by atoms with E-state index in [2.05, 4.69) is 6.07 Å². The molecule has 20 heavy (non-hydrogen) atoms. The van der Waals surface area contributed by atoms with Gasteiger partial charge < -0.3 is 9.84 Å². The van der Waals surface area contributed by atoms with Crippen LogP contribution in [0.4, 0.5) is 0 Å². The van der Waals surface area contributed by atoms with Gasteiger partial charge in [-0.05, 0) is 37.6 Å². The first-order valence-corrected chi connectivity index (χ1v) is 6.05. The maximum Gasteiger partial charge on any atom is 0.336 e. The molecule has 0 heterocycles. The van der Waals surface area contributed by atoms with Gasteiger partial charge in [-0.1, -0.05) is 18.2 Å². The normalized spacial score (nSPS) is 9.85. The number of nitrogens with zero attached hydrogens (tertiary/aromatic N) is 1. The third-order valence-corrected chi connectivity index (χ3v) is 3.06. The van der Waals surface area contributed by atoms with Gasteiger partial charge in [-0.3, -0.25) is 0 Å². The molecule has 0 aliphatic heterocycles. The van der Waals surface area contributed by atoms with Gasteiger partial charge in [-0.2, -0.15) is 5.26 Å². The van der Waals surface area contributed by atoms with Crippen molar-refractivity contribution in [3.05, 3.63) is 58.7 Å². The van der Waals surface area contributed by atoms with E-state index in [9.17, 15) is 4.79 Å². The van der Waals surface area contributed by atoms with Crippen LogP contribution < -0.4 is 4.74 Å². The quantitative estimate of drug-likeness (QED) is 0.921.